The first-order chi connectivity index (χ1) is 27.7. The van der Waals surface area contributed by atoms with E-state index >= 15 is 0 Å². The minimum absolute atomic E-state index is 1.03. The zero-order valence-corrected chi connectivity index (χ0v) is 32.5. The number of para-hydroxylation sites is 2. The molecule has 0 amide bonds. The van der Waals surface area contributed by atoms with E-state index < -0.39 is 0 Å². The van der Waals surface area contributed by atoms with Crippen LogP contribution >= 0.6 is 34.0 Å². The van der Waals surface area contributed by atoms with Crippen LogP contribution in [-0.4, -0.2) is 4.98 Å². The standard InChI is InChI=1S/C51H32N2S3/c1-2-12-40-33(9-1)23-30-41(50(40)49-32-25-36-11-8-18-46(36)55-49)34-19-26-38(27-20-34)53(39-28-21-37(22-29-39)51-52-43-14-4-6-16-48(43)56-51)44-15-5-3-13-42(44)47-31-24-35-10-7-17-45(35)54-47/h1-32H. The zero-order valence-electron chi connectivity index (χ0n) is 30.1. The molecule has 2 nitrogen and oxygen atoms in total. The molecule has 6 aromatic carbocycles. The molecular formula is C51H32N2S3. The topological polar surface area (TPSA) is 16.1 Å². The van der Waals surface area contributed by atoms with Crippen molar-refractivity contribution >= 4 is 72.1 Å². The lowest BCUT2D eigenvalue weighted by molar-refractivity contribution is 1.28. The molecule has 2 aliphatic carbocycles. The van der Waals surface area contributed by atoms with Crippen LogP contribution in [0.3, 0.4) is 0 Å². The number of fused-ring (bicyclic) bond motifs is 4. The van der Waals surface area contributed by atoms with Gasteiger partial charge in [0.15, 0.2) is 0 Å². The van der Waals surface area contributed by atoms with Gasteiger partial charge in [0, 0.05) is 47.6 Å². The number of anilines is 3. The average Bonchev–Trinajstić information content (AvgIpc) is 4.04. The summed E-state index contributed by atoms with van der Waals surface area (Å²) in [5, 5.41) is 3.54. The van der Waals surface area contributed by atoms with Gasteiger partial charge in [0.05, 0.1) is 15.9 Å². The quantitative estimate of drug-likeness (QED) is 0.161. The molecule has 0 radical (unpaired) electrons. The lowest BCUT2D eigenvalue weighted by Crippen LogP contribution is -2.11. The summed E-state index contributed by atoms with van der Waals surface area (Å²) < 4.78 is 1.20. The SMILES string of the molecule is c1cc2ccc(-c3ccccc3N(c3ccc(-c4nc5ccccc5s4)cc3)c3ccc(-c4ccc5ccccc5c4-c4ccc5cccc-5s4)cc3)sc-2c1. The van der Waals surface area contributed by atoms with Crippen molar-refractivity contribution in [1.29, 1.82) is 0 Å². The Balaban J connectivity index is 1.05. The summed E-state index contributed by atoms with van der Waals surface area (Å²) in [4.78, 5) is 12.4. The van der Waals surface area contributed by atoms with E-state index in [1.807, 2.05) is 22.7 Å². The Morgan fingerprint density at radius 3 is 1.77 bits per heavy atom. The Morgan fingerprint density at radius 2 is 1.00 bits per heavy atom. The van der Waals surface area contributed by atoms with Crippen molar-refractivity contribution in [3.8, 4) is 63.5 Å². The molecule has 0 saturated carbocycles. The molecule has 264 valence electrons. The van der Waals surface area contributed by atoms with E-state index in [2.05, 4.69) is 199 Å². The van der Waals surface area contributed by atoms with Gasteiger partial charge in [-0.15, -0.1) is 34.0 Å². The molecule has 11 rings (SSSR count). The van der Waals surface area contributed by atoms with E-state index in [0.29, 0.717) is 0 Å². The van der Waals surface area contributed by atoms with Gasteiger partial charge in [0.2, 0.25) is 0 Å². The number of hydrogen-bond donors (Lipinski definition) is 0. The third-order valence-corrected chi connectivity index (χ3v) is 14.0. The highest BCUT2D eigenvalue weighted by Crippen LogP contribution is 2.47. The van der Waals surface area contributed by atoms with Gasteiger partial charge in [-0.2, -0.15) is 0 Å². The van der Waals surface area contributed by atoms with Crippen molar-refractivity contribution in [2.45, 2.75) is 0 Å². The summed E-state index contributed by atoms with van der Waals surface area (Å²) >= 11 is 5.44. The van der Waals surface area contributed by atoms with Gasteiger partial charge < -0.3 is 4.90 Å². The minimum Gasteiger partial charge on any atom is -0.310 e. The second-order valence-corrected chi connectivity index (χ2v) is 17.1. The highest BCUT2D eigenvalue weighted by molar-refractivity contribution is 7.21. The summed E-state index contributed by atoms with van der Waals surface area (Å²) in [6.45, 7) is 0. The maximum Gasteiger partial charge on any atom is 0.124 e. The van der Waals surface area contributed by atoms with Crippen LogP contribution in [0.25, 0.3) is 84.4 Å². The van der Waals surface area contributed by atoms with Crippen molar-refractivity contribution in [1.82, 2.24) is 4.98 Å². The molecule has 0 N–H and O–H groups in total. The van der Waals surface area contributed by atoms with Crippen molar-refractivity contribution in [3.63, 3.8) is 0 Å². The lowest BCUT2D eigenvalue weighted by Gasteiger charge is -2.28. The van der Waals surface area contributed by atoms with E-state index in [1.54, 1.807) is 11.3 Å². The Kier molecular flexibility index (Phi) is 8.09. The first kappa shape index (κ1) is 33.0. The molecule has 3 heterocycles. The molecule has 1 aromatic heterocycles. The smallest absolute Gasteiger partial charge is 0.124 e. The molecule has 0 saturated heterocycles. The van der Waals surface area contributed by atoms with Crippen molar-refractivity contribution in [3.05, 3.63) is 194 Å². The zero-order chi connectivity index (χ0) is 37.0. The largest absolute Gasteiger partial charge is 0.310 e. The van der Waals surface area contributed by atoms with Crippen LogP contribution in [0, 0.1) is 0 Å². The first-order valence-electron chi connectivity index (χ1n) is 18.7. The molecular weight excluding hydrogens is 737 g/mol. The van der Waals surface area contributed by atoms with Crippen LogP contribution in [0.15, 0.2) is 194 Å². The first-order valence-corrected chi connectivity index (χ1v) is 21.1. The number of rotatable bonds is 7. The summed E-state index contributed by atoms with van der Waals surface area (Å²) in [5.41, 5.74) is 12.9. The van der Waals surface area contributed by atoms with E-state index in [1.165, 1.54) is 68.4 Å². The maximum atomic E-state index is 4.95. The van der Waals surface area contributed by atoms with Crippen LogP contribution in [-0.2, 0) is 0 Å². The van der Waals surface area contributed by atoms with Crippen LogP contribution in [0.4, 0.5) is 17.1 Å². The molecule has 7 aromatic rings. The Morgan fingerprint density at radius 1 is 0.375 bits per heavy atom. The number of thiazole rings is 1. The van der Waals surface area contributed by atoms with Gasteiger partial charge in [0.1, 0.15) is 5.01 Å². The van der Waals surface area contributed by atoms with Crippen molar-refractivity contribution < 1.29 is 0 Å². The van der Waals surface area contributed by atoms with Gasteiger partial charge in [-0.3, -0.25) is 0 Å². The predicted molar refractivity (Wildman–Crippen MR) is 243 cm³/mol. The van der Waals surface area contributed by atoms with Crippen LogP contribution in [0.1, 0.15) is 0 Å². The van der Waals surface area contributed by atoms with Crippen LogP contribution in [0.2, 0.25) is 0 Å². The minimum atomic E-state index is 1.03. The van der Waals surface area contributed by atoms with Gasteiger partial charge in [-0.1, -0.05) is 115 Å². The van der Waals surface area contributed by atoms with Crippen LogP contribution in [0.5, 0.6) is 0 Å². The highest BCUT2D eigenvalue weighted by atomic mass is 32.1. The number of aromatic nitrogens is 1. The van der Waals surface area contributed by atoms with Gasteiger partial charge in [0.25, 0.3) is 0 Å². The molecule has 0 unspecified atom stereocenters. The molecule has 0 bridgehead atoms. The van der Waals surface area contributed by atoms with E-state index in [0.717, 1.165) is 33.1 Å². The second kappa shape index (κ2) is 13.7. The fourth-order valence-corrected chi connectivity index (χ4v) is 11.0. The molecule has 56 heavy (non-hydrogen) atoms. The number of hydrogen-bond acceptors (Lipinski definition) is 5. The summed E-state index contributed by atoms with van der Waals surface area (Å²) in [5.74, 6) is 0. The second-order valence-electron chi connectivity index (χ2n) is 13.9. The average molecular weight is 769 g/mol. The van der Waals surface area contributed by atoms with Crippen molar-refractivity contribution in [2.75, 3.05) is 4.90 Å². The Bertz CT molecular complexity index is 3060. The summed E-state index contributed by atoms with van der Waals surface area (Å²) in [6.07, 6.45) is 0. The third kappa shape index (κ3) is 5.80. The maximum absolute atomic E-state index is 4.95. The predicted octanol–water partition coefficient (Wildman–Crippen LogP) is 15.9. The van der Waals surface area contributed by atoms with Gasteiger partial charge in [-0.25, -0.2) is 4.98 Å². The molecule has 0 spiro atoms. The molecule has 0 atom stereocenters. The van der Waals surface area contributed by atoms with E-state index in [-0.39, 0.29) is 0 Å². The van der Waals surface area contributed by atoms with Gasteiger partial charge in [-0.05, 0) is 112 Å². The Labute approximate surface area is 337 Å². The normalized spacial score (nSPS) is 11.6. The molecule has 0 fully saturated rings. The number of nitrogens with zero attached hydrogens (tertiary/aromatic N) is 2. The highest BCUT2D eigenvalue weighted by Gasteiger charge is 2.20. The summed E-state index contributed by atoms with van der Waals surface area (Å²) in [7, 11) is 0. The lowest BCUT2D eigenvalue weighted by atomic mass is 9.93. The Hall–Kier alpha value is -6.37. The summed E-state index contributed by atoms with van der Waals surface area (Å²) in [6, 6.07) is 70.6. The van der Waals surface area contributed by atoms with Crippen LogP contribution < -0.4 is 4.90 Å². The number of benzene rings is 6. The molecule has 4 aliphatic rings. The van der Waals surface area contributed by atoms with E-state index in [9.17, 15) is 0 Å². The molecule has 2 aliphatic heterocycles. The van der Waals surface area contributed by atoms with Gasteiger partial charge >= 0.3 is 0 Å². The fourth-order valence-electron chi connectivity index (χ4n) is 7.83. The fraction of sp³-hybridized carbons (Fsp3) is 0. The van der Waals surface area contributed by atoms with Crippen molar-refractivity contribution in [2.24, 2.45) is 0 Å². The van der Waals surface area contributed by atoms with E-state index in [4.69, 9.17) is 4.98 Å². The monoisotopic (exact) mass is 768 g/mol. The third-order valence-electron chi connectivity index (χ3n) is 10.6. The molecule has 5 heteroatoms.